The minimum absolute atomic E-state index is 0.0571. The van der Waals surface area contributed by atoms with Gasteiger partial charge in [0, 0.05) is 59.6 Å². The van der Waals surface area contributed by atoms with Gasteiger partial charge in [-0.3, -0.25) is 14.8 Å². The highest BCUT2D eigenvalue weighted by molar-refractivity contribution is 7.09. The second-order valence-electron chi connectivity index (χ2n) is 10.5. The third kappa shape index (κ3) is 4.92. The van der Waals surface area contributed by atoms with Crippen molar-refractivity contribution in [1.29, 1.82) is 0 Å². The lowest BCUT2D eigenvalue weighted by Crippen LogP contribution is -2.55. The predicted octanol–water partition coefficient (Wildman–Crippen LogP) is 5.13. The van der Waals surface area contributed by atoms with Crippen LogP contribution in [-0.4, -0.2) is 54.5 Å². The fourth-order valence-electron chi connectivity index (χ4n) is 5.37. The van der Waals surface area contributed by atoms with Crippen LogP contribution in [0.2, 0.25) is 0 Å². The molecule has 1 N–H and O–H groups in total. The molecule has 39 heavy (non-hydrogen) atoms. The van der Waals surface area contributed by atoms with E-state index in [2.05, 4.69) is 40.7 Å². The summed E-state index contributed by atoms with van der Waals surface area (Å²) in [5.41, 5.74) is 0.0914. The van der Waals surface area contributed by atoms with Crippen LogP contribution in [0.25, 0.3) is 0 Å². The molecule has 1 aromatic carbocycles. The molecule has 5 rings (SSSR count). The number of carboxylic acids is 1. The number of nitrogens with zero attached hydrogens (tertiary/aromatic N) is 5. The number of carbonyl (C=O) groups is 2. The molecule has 3 aromatic heterocycles. The second-order valence-corrected chi connectivity index (χ2v) is 12.4. The molecular formula is C28H29N5O4S2. The number of aliphatic carboxylic acids is 1. The number of thiazole rings is 2. The van der Waals surface area contributed by atoms with Gasteiger partial charge in [-0.25, -0.2) is 14.8 Å². The maximum absolute atomic E-state index is 14.5. The van der Waals surface area contributed by atoms with E-state index in [-0.39, 0.29) is 18.3 Å². The minimum Gasteiger partial charge on any atom is -0.496 e. The van der Waals surface area contributed by atoms with Crippen LogP contribution < -0.4 is 4.74 Å². The van der Waals surface area contributed by atoms with Crippen molar-refractivity contribution in [3.63, 3.8) is 0 Å². The Morgan fingerprint density at radius 2 is 1.87 bits per heavy atom. The molecule has 4 aromatic rings. The van der Waals surface area contributed by atoms with Crippen molar-refractivity contribution in [3.05, 3.63) is 86.8 Å². The number of likely N-dealkylation sites (tertiary alicyclic amines) is 1. The average molecular weight is 564 g/mol. The minimum atomic E-state index is -1.59. The fourth-order valence-corrected chi connectivity index (χ4v) is 6.88. The predicted molar refractivity (Wildman–Crippen MR) is 148 cm³/mol. The Morgan fingerprint density at radius 1 is 1.10 bits per heavy atom. The molecular weight excluding hydrogens is 534 g/mol. The summed E-state index contributed by atoms with van der Waals surface area (Å²) in [5.74, 6) is -1.39. The highest BCUT2D eigenvalue weighted by atomic mass is 32.1. The summed E-state index contributed by atoms with van der Waals surface area (Å²) in [4.78, 5) is 47.0. The molecule has 202 valence electrons. The molecule has 0 bridgehead atoms. The van der Waals surface area contributed by atoms with Crippen LogP contribution in [-0.2, 0) is 16.6 Å². The standard InChI is InChI=1S/C28H29N5O4S2/c1-27(2,3)19-6-5-17(13-21(19)37-4)25(34)33-23(24-32-10-12-39-24)18(20-16-29-7-8-30-20)14-28(33,26(35)36)15-22-31-9-11-38-22/h5-13,16,18,23H,14-15H2,1-4H3,(H,35,36). The molecule has 4 heterocycles. The SMILES string of the molecule is COc1cc(C(=O)N2C(c3nccs3)C(c3cnccn3)CC2(Cc2nccs2)C(=O)O)ccc1C(C)(C)C. The van der Waals surface area contributed by atoms with Crippen molar-refractivity contribution in [1.82, 2.24) is 24.8 Å². The van der Waals surface area contributed by atoms with Crippen LogP contribution in [0.4, 0.5) is 0 Å². The molecule has 0 saturated carbocycles. The van der Waals surface area contributed by atoms with Gasteiger partial charge >= 0.3 is 5.97 Å². The lowest BCUT2D eigenvalue weighted by Gasteiger charge is -2.37. The van der Waals surface area contributed by atoms with Crippen molar-refractivity contribution in [2.24, 2.45) is 0 Å². The second kappa shape index (κ2) is 10.5. The highest BCUT2D eigenvalue weighted by Gasteiger charge is 2.60. The van der Waals surface area contributed by atoms with Crippen molar-refractivity contribution in [2.45, 2.75) is 56.5 Å². The zero-order valence-corrected chi connectivity index (χ0v) is 23.7. The van der Waals surface area contributed by atoms with Gasteiger partial charge in [-0.1, -0.05) is 26.8 Å². The summed E-state index contributed by atoms with van der Waals surface area (Å²) in [6.45, 7) is 6.21. The molecule has 3 unspecified atom stereocenters. The Kier molecular flexibility index (Phi) is 7.21. The molecule has 1 amide bonds. The Morgan fingerprint density at radius 3 is 2.46 bits per heavy atom. The number of amides is 1. The van der Waals surface area contributed by atoms with Crippen molar-refractivity contribution < 1.29 is 19.4 Å². The molecule has 1 aliphatic rings. The summed E-state index contributed by atoms with van der Waals surface area (Å²) < 4.78 is 5.68. The maximum atomic E-state index is 14.5. The normalized spacial score (nSPS) is 21.2. The smallest absolute Gasteiger partial charge is 0.330 e. The fraction of sp³-hybridized carbons (Fsp3) is 0.357. The van der Waals surface area contributed by atoms with Gasteiger partial charge in [0.05, 0.1) is 23.9 Å². The summed E-state index contributed by atoms with van der Waals surface area (Å²) in [5, 5.41) is 15.8. The zero-order chi connectivity index (χ0) is 27.8. The number of hydrogen-bond donors (Lipinski definition) is 1. The van der Waals surface area contributed by atoms with Crippen LogP contribution in [0.15, 0.2) is 59.9 Å². The van der Waals surface area contributed by atoms with Crippen LogP contribution in [0, 0.1) is 0 Å². The average Bonchev–Trinajstić information content (AvgIpc) is 3.69. The van der Waals surface area contributed by atoms with Gasteiger partial charge in [0.15, 0.2) is 0 Å². The van der Waals surface area contributed by atoms with E-state index in [0.717, 1.165) is 5.56 Å². The van der Waals surface area contributed by atoms with Crippen molar-refractivity contribution >= 4 is 34.6 Å². The molecule has 1 aliphatic heterocycles. The van der Waals surface area contributed by atoms with Gasteiger partial charge in [-0.15, -0.1) is 22.7 Å². The molecule has 1 saturated heterocycles. The monoisotopic (exact) mass is 563 g/mol. The number of carbonyl (C=O) groups excluding carboxylic acids is 1. The number of carboxylic acid groups (broad SMARTS) is 1. The number of hydrogen-bond acceptors (Lipinski definition) is 9. The van der Waals surface area contributed by atoms with Gasteiger partial charge in [0.2, 0.25) is 0 Å². The summed E-state index contributed by atoms with van der Waals surface area (Å²) in [7, 11) is 1.57. The van der Waals surface area contributed by atoms with Crippen LogP contribution in [0.5, 0.6) is 5.75 Å². The topological polar surface area (TPSA) is 118 Å². The van der Waals surface area contributed by atoms with E-state index in [9.17, 15) is 14.7 Å². The molecule has 9 nitrogen and oxygen atoms in total. The largest absolute Gasteiger partial charge is 0.496 e. The van der Waals surface area contributed by atoms with Crippen molar-refractivity contribution in [2.75, 3.05) is 7.11 Å². The molecule has 0 radical (unpaired) electrons. The Hall–Kier alpha value is -3.70. The summed E-state index contributed by atoms with van der Waals surface area (Å²) >= 11 is 2.75. The Labute approximate surface area is 234 Å². The first-order valence-corrected chi connectivity index (χ1v) is 14.2. The van der Waals surface area contributed by atoms with Gasteiger partial charge in [-0.05, 0) is 29.5 Å². The third-order valence-corrected chi connectivity index (χ3v) is 8.77. The summed E-state index contributed by atoms with van der Waals surface area (Å²) in [6.07, 6.45) is 8.29. The number of methoxy groups -OCH3 is 1. The third-order valence-electron chi connectivity index (χ3n) is 7.15. The lowest BCUT2D eigenvalue weighted by molar-refractivity contribution is -0.149. The van der Waals surface area contributed by atoms with E-state index >= 15 is 0 Å². The van der Waals surface area contributed by atoms with Gasteiger partial charge in [-0.2, -0.15) is 0 Å². The highest BCUT2D eigenvalue weighted by Crippen LogP contribution is 2.53. The molecule has 0 spiro atoms. The van der Waals surface area contributed by atoms with Crippen LogP contribution in [0.1, 0.15) is 70.8 Å². The Balaban J connectivity index is 1.71. The van der Waals surface area contributed by atoms with Crippen LogP contribution in [0.3, 0.4) is 0 Å². The number of aromatic nitrogens is 4. The van der Waals surface area contributed by atoms with E-state index in [1.165, 1.54) is 27.6 Å². The van der Waals surface area contributed by atoms with Gasteiger partial charge in [0.25, 0.3) is 5.91 Å². The zero-order valence-electron chi connectivity index (χ0n) is 22.1. The molecule has 0 aliphatic carbocycles. The Bertz CT molecular complexity index is 1460. The molecule has 1 fully saturated rings. The van der Waals surface area contributed by atoms with Gasteiger partial charge in [0.1, 0.15) is 16.3 Å². The first-order valence-electron chi connectivity index (χ1n) is 12.4. The van der Waals surface area contributed by atoms with Crippen molar-refractivity contribution in [3.8, 4) is 5.75 Å². The lowest BCUT2D eigenvalue weighted by atomic mass is 9.85. The quantitative estimate of drug-likeness (QED) is 0.329. The number of rotatable bonds is 7. The van der Waals surface area contributed by atoms with E-state index in [0.29, 0.717) is 27.0 Å². The number of benzene rings is 1. The first kappa shape index (κ1) is 26.9. The van der Waals surface area contributed by atoms with E-state index in [1.54, 1.807) is 55.6 Å². The first-order chi connectivity index (χ1) is 18.7. The molecule has 3 atom stereocenters. The van der Waals surface area contributed by atoms with E-state index < -0.39 is 29.4 Å². The van der Waals surface area contributed by atoms with E-state index in [4.69, 9.17) is 4.74 Å². The van der Waals surface area contributed by atoms with Gasteiger partial charge < -0.3 is 14.7 Å². The van der Waals surface area contributed by atoms with E-state index in [1.807, 2.05) is 11.4 Å². The van der Waals surface area contributed by atoms with Crippen LogP contribution >= 0.6 is 22.7 Å². The summed E-state index contributed by atoms with van der Waals surface area (Å²) in [6, 6.07) is 4.66. The maximum Gasteiger partial charge on any atom is 0.330 e. The number of ether oxygens (including phenoxy) is 1. The molecule has 11 heteroatoms.